The third-order valence-corrected chi connectivity index (χ3v) is 3.58. The van der Waals surface area contributed by atoms with Crippen molar-refractivity contribution in [2.45, 2.75) is 12.6 Å². The zero-order valence-corrected chi connectivity index (χ0v) is 12.7. The molecule has 8 nitrogen and oxygen atoms in total. The molecule has 2 amide bonds. The summed E-state index contributed by atoms with van der Waals surface area (Å²) < 4.78 is 37.2. The molecular weight excluding hydrogens is 341 g/mol. The zero-order valence-electron chi connectivity index (χ0n) is 12.7. The van der Waals surface area contributed by atoms with Crippen molar-refractivity contribution in [1.82, 2.24) is 25.1 Å². The summed E-state index contributed by atoms with van der Waals surface area (Å²) in [7, 11) is 0. The van der Waals surface area contributed by atoms with Crippen molar-refractivity contribution in [3.05, 3.63) is 24.4 Å². The predicted molar refractivity (Wildman–Crippen MR) is 79.0 cm³/mol. The van der Waals surface area contributed by atoms with Crippen molar-refractivity contribution in [1.29, 1.82) is 0 Å². The van der Waals surface area contributed by atoms with Gasteiger partial charge in [-0.2, -0.15) is 18.2 Å². The van der Waals surface area contributed by atoms with E-state index in [9.17, 15) is 22.8 Å². The maximum absolute atomic E-state index is 12.4. The lowest BCUT2D eigenvalue weighted by atomic mass is 10.1. The van der Waals surface area contributed by atoms with Crippen LogP contribution in [0.1, 0.15) is 6.42 Å². The fourth-order valence-corrected chi connectivity index (χ4v) is 2.46. The number of nitrogens with one attached hydrogen (secondary N) is 2. The smallest absolute Gasteiger partial charge is 0.333 e. The molecule has 0 unspecified atom stereocenters. The minimum atomic E-state index is -4.50. The maximum atomic E-state index is 12.4. The van der Waals surface area contributed by atoms with Gasteiger partial charge >= 0.3 is 6.18 Å². The Hall–Kier alpha value is -2.98. The van der Waals surface area contributed by atoms with Crippen molar-refractivity contribution in [3.8, 4) is 11.5 Å². The Kier molecular flexibility index (Phi) is 4.38. The normalized spacial score (nSPS) is 17.8. The highest BCUT2D eigenvalue weighted by Crippen LogP contribution is 2.24. The number of anilines is 1. The van der Waals surface area contributed by atoms with E-state index in [1.54, 1.807) is 24.4 Å². The molecule has 0 radical (unpaired) electrons. The number of likely N-dealkylation sites (tertiary alicyclic amines) is 1. The van der Waals surface area contributed by atoms with Gasteiger partial charge in [0.25, 0.3) is 0 Å². The lowest BCUT2D eigenvalue weighted by molar-refractivity contribution is -0.157. The molecule has 1 aliphatic heterocycles. The quantitative estimate of drug-likeness (QED) is 0.859. The first-order chi connectivity index (χ1) is 11.8. The van der Waals surface area contributed by atoms with Gasteiger partial charge in [-0.1, -0.05) is 6.07 Å². The molecule has 25 heavy (non-hydrogen) atoms. The summed E-state index contributed by atoms with van der Waals surface area (Å²) in [6.07, 6.45) is -3.21. The number of rotatable bonds is 4. The molecule has 1 saturated heterocycles. The van der Waals surface area contributed by atoms with Gasteiger partial charge < -0.3 is 4.90 Å². The van der Waals surface area contributed by atoms with Gasteiger partial charge in [-0.05, 0) is 12.1 Å². The van der Waals surface area contributed by atoms with E-state index in [2.05, 4.69) is 25.5 Å². The van der Waals surface area contributed by atoms with Crippen LogP contribution in [0.3, 0.4) is 0 Å². The van der Waals surface area contributed by atoms with Gasteiger partial charge in [0, 0.05) is 19.2 Å². The fraction of sp³-hybridized carbons (Fsp3) is 0.357. The average Bonchev–Trinajstić information content (AvgIpc) is 3.14. The molecule has 2 N–H and O–H groups in total. The van der Waals surface area contributed by atoms with Crippen molar-refractivity contribution in [2.75, 3.05) is 18.4 Å². The molecule has 3 heterocycles. The van der Waals surface area contributed by atoms with E-state index >= 15 is 0 Å². The first-order valence-corrected chi connectivity index (χ1v) is 7.31. The van der Waals surface area contributed by atoms with Crippen molar-refractivity contribution >= 4 is 17.8 Å². The van der Waals surface area contributed by atoms with Crippen LogP contribution in [-0.2, 0) is 9.59 Å². The third kappa shape index (κ3) is 4.11. The van der Waals surface area contributed by atoms with E-state index < -0.39 is 30.5 Å². The molecule has 2 aromatic heterocycles. The van der Waals surface area contributed by atoms with Crippen LogP contribution in [-0.4, -0.2) is 56.1 Å². The highest BCUT2D eigenvalue weighted by atomic mass is 19.4. The van der Waals surface area contributed by atoms with E-state index in [1.165, 1.54) is 0 Å². The number of aromatic amines is 1. The Bertz CT molecular complexity index is 776. The van der Waals surface area contributed by atoms with Crippen LogP contribution in [0.4, 0.5) is 19.1 Å². The molecule has 11 heteroatoms. The number of amides is 2. The van der Waals surface area contributed by atoms with E-state index in [-0.39, 0.29) is 18.9 Å². The molecule has 0 aromatic carbocycles. The number of aromatic nitrogens is 4. The molecule has 2 aromatic rings. The highest BCUT2D eigenvalue weighted by Gasteiger charge is 2.40. The number of alkyl halides is 3. The molecule has 0 bridgehead atoms. The number of hydrogen-bond donors (Lipinski definition) is 2. The number of H-pyrrole nitrogens is 1. The first-order valence-electron chi connectivity index (χ1n) is 7.31. The van der Waals surface area contributed by atoms with Gasteiger partial charge in [0.15, 0.2) is 5.82 Å². The summed E-state index contributed by atoms with van der Waals surface area (Å²) in [4.78, 5) is 32.5. The van der Waals surface area contributed by atoms with Gasteiger partial charge in [-0.3, -0.25) is 25.0 Å². The maximum Gasteiger partial charge on any atom is 0.406 e. The van der Waals surface area contributed by atoms with Crippen LogP contribution in [0.25, 0.3) is 11.5 Å². The summed E-state index contributed by atoms with van der Waals surface area (Å²) in [5, 5.41) is 8.81. The number of halogens is 3. The van der Waals surface area contributed by atoms with Crippen molar-refractivity contribution in [3.63, 3.8) is 0 Å². The number of nitrogens with zero attached hydrogens (tertiary/aromatic N) is 4. The van der Waals surface area contributed by atoms with Gasteiger partial charge in [0.2, 0.25) is 17.8 Å². The predicted octanol–water partition coefficient (Wildman–Crippen LogP) is 1.22. The summed E-state index contributed by atoms with van der Waals surface area (Å²) in [6, 6.07) is 5.17. The Balaban J connectivity index is 1.62. The lowest BCUT2D eigenvalue weighted by Crippen LogP contribution is -2.36. The van der Waals surface area contributed by atoms with Crippen LogP contribution in [0.15, 0.2) is 24.4 Å². The van der Waals surface area contributed by atoms with E-state index in [0.29, 0.717) is 16.4 Å². The molecule has 1 atom stereocenters. The standard InChI is InChI=1S/C14H13F3N6O2/c15-14(16,17)7-23-6-8(5-10(23)24)12(25)20-13-19-11(21-22-13)9-3-1-2-4-18-9/h1-4,8H,5-7H2,(H2,19,20,21,22,25)/t8-/m1/s1. The second kappa shape index (κ2) is 6.49. The Labute approximate surface area is 139 Å². The van der Waals surface area contributed by atoms with E-state index in [1.807, 2.05) is 0 Å². The summed E-state index contributed by atoms with van der Waals surface area (Å²) in [6.45, 7) is -1.65. The topological polar surface area (TPSA) is 104 Å². The summed E-state index contributed by atoms with van der Waals surface area (Å²) in [5.41, 5.74) is 0.517. The highest BCUT2D eigenvalue weighted by molar-refractivity contribution is 5.96. The first kappa shape index (κ1) is 16.9. The van der Waals surface area contributed by atoms with Crippen LogP contribution in [0.2, 0.25) is 0 Å². The molecule has 0 saturated carbocycles. The Morgan fingerprint density at radius 2 is 2.20 bits per heavy atom. The minimum absolute atomic E-state index is 0.0348. The SMILES string of the molecule is O=C(Nc1n[nH]c(-c2ccccn2)n1)[C@@H]1CC(=O)N(CC(F)(F)F)C1. The molecule has 1 aliphatic rings. The molecule has 132 valence electrons. The van der Waals surface area contributed by atoms with E-state index in [4.69, 9.17) is 0 Å². The number of pyridine rings is 1. The van der Waals surface area contributed by atoms with Gasteiger partial charge in [-0.25, -0.2) is 0 Å². The van der Waals surface area contributed by atoms with Crippen LogP contribution < -0.4 is 5.32 Å². The summed E-state index contributed by atoms with van der Waals surface area (Å²) >= 11 is 0. The molecule has 0 spiro atoms. The van der Waals surface area contributed by atoms with Crippen LogP contribution in [0, 0.1) is 5.92 Å². The zero-order chi connectivity index (χ0) is 18.0. The van der Waals surface area contributed by atoms with E-state index in [0.717, 1.165) is 0 Å². The Morgan fingerprint density at radius 3 is 2.88 bits per heavy atom. The van der Waals surface area contributed by atoms with Crippen molar-refractivity contribution in [2.24, 2.45) is 5.92 Å². The third-order valence-electron chi connectivity index (χ3n) is 3.58. The fourth-order valence-electron chi connectivity index (χ4n) is 2.46. The van der Waals surface area contributed by atoms with Crippen LogP contribution in [0.5, 0.6) is 0 Å². The van der Waals surface area contributed by atoms with Gasteiger partial charge in [0.1, 0.15) is 12.2 Å². The lowest BCUT2D eigenvalue weighted by Gasteiger charge is -2.18. The number of carbonyl (C=O) groups is 2. The molecule has 3 rings (SSSR count). The van der Waals surface area contributed by atoms with Crippen LogP contribution >= 0.6 is 0 Å². The van der Waals surface area contributed by atoms with Gasteiger partial charge in [-0.15, -0.1) is 5.10 Å². The Morgan fingerprint density at radius 1 is 1.40 bits per heavy atom. The summed E-state index contributed by atoms with van der Waals surface area (Å²) in [5.74, 6) is -1.90. The number of carbonyl (C=O) groups excluding carboxylic acids is 2. The largest absolute Gasteiger partial charge is 0.406 e. The molecule has 1 fully saturated rings. The van der Waals surface area contributed by atoms with Crippen molar-refractivity contribution < 1.29 is 22.8 Å². The monoisotopic (exact) mass is 354 g/mol. The molecule has 0 aliphatic carbocycles. The average molecular weight is 354 g/mol. The minimum Gasteiger partial charge on any atom is -0.333 e. The second-order valence-corrected chi connectivity index (χ2v) is 5.50. The molecular formula is C14H13F3N6O2. The number of hydrogen-bond acceptors (Lipinski definition) is 5. The van der Waals surface area contributed by atoms with Gasteiger partial charge in [0.05, 0.1) is 5.92 Å². The second-order valence-electron chi connectivity index (χ2n) is 5.50.